The lowest BCUT2D eigenvalue weighted by Crippen LogP contribution is -2.29. The van der Waals surface area contributed by atoms with E-state index < -0.39 is 6.10 Å². The average Bonchev–Trinajstić information content (AvgIpc) is 2.54. The largest absolute Gasteiger partial charge is 0.491 e. The maximum Gasteiger partial charge on any atom is 0.251 e. The first kappa shape index (κ1) is 20.8. The van der Waals surface area contributed by atoms with E-state index in [9.17, 15) is 9.90 Å². The lowest BCUT2D eigenvalue weighted by atomic mass is 10.1. The molecule has 5 nitrogen and oxygen atoms in total. The molecule has 0 spiro atoms. The molecular formula is C19H25ClN2O3. The number of carbonyl (C=O) groups is 1. The molecule has 0 aliphatic rings. The van der Waals surface area contributed by atoms with Crippen molar-refractivity contribution < 1.29 is 14.6 Å². The lowest BCUT2D eigenvalue weighted by molar-refractivity contribution is 0.0915. The highest BCUT2D eigenvalue weighted by molar-refractivity contribution is 5.96. The molecule has 0 fully saturated rings. The van der Waals surface area contributed by atoms with Crippen LogP contribution >= 0.6 is 12.4 Å². The Morgan fingerprint density at radius 2 is 1.84 bits per heavy atom. The van der Waals surface area contributed by atoms with Gasteiger partial charge in [-0.05, 0) is 56.2 Å². The predicted octanol–water partition coefficient (Wildman–Crippen LogP) is 3.25. The summed E-state index contributed by atoms with van der Waals surface area (Å²) in [5, 5.41) is 13.0. The van der Waals surface area contributed by atoms with E-state index in [1.54, 1.807) is 30.3 Å². The van der Waals surface area contributed by atoms with Gasteiger partial charge in [0.15, 0.2) is 0 Å². The third-order valence-corrected chi connectivity index (χ3v) is 3.60. The number of nitrogen functional groups attached to an aromatic ring is 1. The Hall–Kier alpha value is -2.24. The zero-order valence-electron chi connectivity index (χ0n) is 14.7. The molecule has 6 heteroatoms. The number of carbonyl (C=O) groups excluding carboxylic acids is 1. The summed E-state index contributed by atoms with van der Waals surface area (Å²) in [6.45, 7) is 5.88. The molecule has 1 amide bonds. The van der Waals surface area contributed by atoms with E-state index in [4.69, 9.17) is 10.5 Å². The molecule has 0 radical (unpaired) electrons. The van der Waals surface area contributed by atoms with Gasteiger partial charge in [0.1, 0.15) is 5.75 Å². The third-order valence-electron chi connectivity index (χ3n) is 3.60. The zero-order chi connectivity index (χ0) is 17.7. The molecule has 25 heavy (non-hydrogen) atoms. The maximum atomic E-state index is 12.2. The molecule has 4 N–H and O–H groups in total. The summed E-state index contributed by atoms with van der Waals surface area (Å²) in [6.07, 6.45) is -0.690. The van der Waals surface area contributed by atoms with Crippen LogP contribution in [-0.4, -0.2) is 23.7 Å². The molecule has 0 heterocycles. The molecule has 2 aromatic rings. The van der Waals surface area contributed by atoms with Crippen molar-refractivity contribution in [2.45, 2.75) is 33.0 Å². The summed E-state index contributed by atoms with van der Waals surface area (Å²) in [5.74, 6) is 0.499. The summed E-state index contributed by atoms with van der Waals surface area (Å²) in [7, 11) is 0. The van der Waals surface area contributed by atoms with Crippen LogP contribution in [0.15, 0.2) is 42.5 Å². The molecule has 1 unspecified atom stereocenters. The van der Waals surface area contributed by atoms with E-state index >= 15 is 0 Å². The number of aliphatic hydroxyl groups is 1. The minimum absolute atomic E-state index is 0. The lowest BCUT2D eigenvalue weighted by Gasteiger charge is -2.15. The second-order valence-electron chi connectivity index (χ2n) is 6.04. The van der Waals surface area contributed by atoms with Crippen molar-refractivity contribution in [3.63, 3.8) is 0 Å². The van der Waals surface area contributed by atoms with E-state index in [1.165, 1.54) is 0 Å². The minimum atomic E-state index is -0.789. The van der Waals surface area contributed by atoms with Gasteiger partial charge in [0.25, 0.3) is 5.91 Å². The molecule has 0 aliphatic carbocycles. The van der Waals surface area contributed by atoms with E-state index in [0.717, 1.165) is 16.9 Å². The summed E-state index contributed by atoms with van der Waals surface area (Å²) in [5.41, 5.74) is 8.33. The van der Waals surface area contributed by atoms with Crippen molar-refractivity contribution in [2.75, 3.05) is 12.3 Å². The molecule has 136 valence electrons. The highest BCUT2D eigenvalue weighted by Gasteiger charge is 2.13. The fourth-order valence-electron chi connectivity index (χ4n) is 2.33. The fraction of sp³-hybridized carbons (Fsp3) is 0.316. The number of rotatable bonds is 6. The molecule has 0 bridgehead atoms. The van der Waals surface area contributed by atoms with Gasteiger partial charge >= 0.3 is 0 Å². The number of hydrogen-bond acceptors (Lipinski definition) is 4. The van der Waals surface area contributed by atoms with Crippen LogP contribution in [0, 0.1) is 6.92 Å². The smallest absolute Gasteiger partial charge is 0.251 e. The number of aliphatic hydroxyl groups excluding tert-OH is 1. The third kappa shape index (κ3) is 5.96. The molecule has 0 saturated heterocycles. The van der Waals surface area contributed by atoms with Crippen LogP contribution in [0.3, 0.4) is 0 Å². The quantitative estimate of drug-likeness (QED) is 0.687. The number of ether oxygens (including phenoxy) is 1. The predicted molar refractivity (Wildman–Crippen MR) is 102 cm³/mol. The number of nitrogens with one attached hydrogen (secondary N) is 1. The van der Waals surface area contributed by atoms with Crippen molar-refractivity contribution in [1.82, 2.24) is 5.32 Å². The standard InChI is InChI=1S/C19H24N2O3.ClH/c1-12(2)24-16-8-5-14(6-9-16)18(22)11-21-19(23)17-10-15(20)7-4-13(17)3;/h4-10,12,18,22H,11,20H2,1-3H3,(H,21,23);1H. The van der Waals surface area contributed by atoms with Gasteiger partial charge in [-0.2, -0.15) is 0 Å². The van der Waals surface area contributed by atoms with E-state index in [1.807, 2.05) is 32.9 Å². The first-order valence-electron chi connectivity index (χ1n) is 7.96. The molecule has 0 aliphatic heterocycles. The zero-order valence-corrected chi connectivity index (χ0v) is 15.5. The molecular weight excluding hydrogens is 340 g/mol. The Morgan fingerprint density at radius 3 is 2.44 bits per heavy atom. The number of anilines is 1. The molecule has 0 saturated carbocycles. The van der Waals surface area contributed by atoms with Crippen molar-refractivity contribution in [2.24, 2.45) is 0 Å². The Kier molecular flexibility index (Phi) is 7.74. The molecule has 0 aromatic heterocycles. The van der Waals surface area contributed by atoms with Crippen molar-refractivity contribution in [1.29, 1.82) is 0 Å². The Morgan fingerprint density at radius 1 is 1.20 bits per heavy atom. The van der Waals surface area contributed by atoms with E-state index in [2.05, 4.69) is 5.32 Å². The monoisotopic (exact) mass is 364 g/mol. The van der Waals surface area contributed by atoms with Crippen LogP contribution in [0.1, 0.15) is 41.4 Å². The first-order valence-corrected chi connectivity index (χ1v) is 7.96. The van der Waals surface area contributed by atoms with Crippen LogP contribution in [0.25, 0.3) is 0 Å². The van der Waals surface area contributed by atoms with Crippen molar-refractivity contribution in [3.8, 4) is 5.75 Å². The normalized spacial score (nSPS) is 11.6. The molecule has 2 aromatic carbocycles. The van der Waals surface area contributed by atoms with Crippen LogP contribution in [-0.2, 0) is 0 Å². The van der Waals surface area contributed by atoms with Gasteiger partial charge in [0.05, 0.1) is 12.2 Å². The van der Waals surface area contributed by atoms with Crippen molar-refractivity contribution >= 4 is 24.0 Å². The maximum absolute atomic E-state index is 12.2. The van der Waals surface area contributed by atoms with Gasteiger partial charge in [0.2, 0.25) is 0 Å². The summed E-state index contributed by atoms with van der Waals surface area (Å²) in [4.78, 5) is 12.2. The number of hydrogen-bond donors (Lipinski definition) is 3. The number of benzene rings is 2. The second kappa shape index (κ2) is 9.30. The van der Waals surface area contributed by atoms with E-state index in [-0.39, 0.29) is 31.0 Å². The van der Waals surface area contributed by atoms with Gasteiger partial charge in [-0.1, -0.05) is 18.2 Å². The van der Waals surface area contributed by atoms with Gasteiger partial charge in [-0.25, -0.2) is 0 Å². The Bertz CT molecular complexity index is 702. The number of aryl methyl sites for hydroxylation is 1. The van der Waals surface area contributed by atoms with Crippen LogP contribution in [0.5, 0.6) is 5.75 Å². The highest BCUT2D eigenvalue weighted by atomic mass is 35.5. The number of nitrogens with two attached hydrogens (primary N) is 1. The number of halogens is 1. The topological polar surface area (TPSA) is 84.6 Å². The molecule has 2 rings (SSSR count). The SMILES string of the molecule is Cc1ccc(N)cc1C(=O)NCC(O)c1ccc(OC(C)C)cc1.Cl. The second-order valence-corrected chi connectivity index (χ2v) is 6.04. The highest BCUT2D eigenvalue weighted by Crippen LogP contribution is 2.19. The molecule has 1 atom stereocenters. The van der Waals surface area contributed by atoms with Gasteiger partial charge in [-0.15, -0.1) is 12.4 Å². The van der Waals surface area contributed by atoms with Crippen LogP contribution in [0.4, 0.5) is 5.69 Å². The summed E-state index contributed by atoms with van der Waals surface area (Å²) < 4.78 is 5.57. The van der Waals surface area contributed by atoms with Gasteiger partial charge < -0.3 is 20.9 Å². The Labute approximate surface area is 154 Å². The summed E-state index contributed by atoms with van der Waals surface area (Å²) in [6, 6.07) is 12.4. The van der Waals surface area contributed by atoms with Gasteiger partial charge in [-0.3, -0.25) is 4.79 Å². The average molecular weight is 365 g/mol. The fourth-order valence-corrected chi connectivity index (χ4v) is 2.33. The van der Waals surface area contributed by atoms with Gasteiger partial charge in [0, 0.05) is 17.8 Å². The number of amides is 1. The van der Waals surface area contributed by atoms with Crippen LogP contribution < -0.4 is 15.8 Å². The summed E-state index contributed by atoms with van der Waals surface area (Å²) >= 11 is 0. The van der Waals surface area contributed by atoms with E-state index in [0.29, 0.717) is 11.3 Å². The van der Waals surface area contributed by atoms with Crippen LogP contribution in [0.2, 0.25) is 0 Å². The first-order chi connectivity index (χ1) is 11.4. The minimum Gasteiger partial charge on any atom is -0.491 e. The Balaban J connectivity index is 0.00000312. The van der Waals surface area contributed by atoms with Crippen molar-refractivity contribution in [3.05, 3.63) is 59.2 Å².